The number of fused-ring (bicyclic) bond motifs is 5. The predicted molar refractivity (Wildman–Crippen MR) is 62.3 cm³/mol. The van der Waals surface area contributed by atoms with E-state index in [1.807, 2.05) is 27.7 Å². The zero-order chi connectivity index (χ0) is 13.4. The van der Waals surface area contributed by atoms with Crippen molar-refractivity contribution < 1.29 is 28.4 Å². The third-order valence-electron chi connectivity index (χ3n) is 3.98. The van der Waals surface area contributed by atoms with Gasteiger partial charge in [0, 0.05) is 0 Å². The molecule has 0 bridgehead atoms. The van der Waals surface area contributed by atoms with Crippen LogP contribution in [0.3, 0.4) is 0 Å². The summed E-state index contributed by atoms with van der Waals surface area (Å²) in [7, 11) is 0. The van der Waals surface area contributed by atoms with Gasteiger partial charge >= 0.3 is 0 Å². The molecule has 6 atom stereocenters. The van der Waals surface area contributed by atoms with Gasteiger partial charge in [-0.05, 0) is 27.7 Å². The first-order valence-electron chi connectivity index (χ1n) is 6.83. The van der Waals surface area contributed by atoms with Crippen LogP contribution >= 0.6 is 0 Å². The Morgan fingerprint density at radius 3 is 2.11 bits per heavy atom. The fraction of sp³-hybridized carbons (Fsp3) is 1.00. The van der Waals surface area contributed by atoms with Crippen LogP contribution in [-0.2, 0) is 28.4 Å². The Labute approximate surface area is 112 Å². The maximum absolute atomic E-state index is 6.03. The van der Waals surface area contributed by atoms with E-state index in [0.717, 1.165) is 0 Å². The van der Waals surface area contributed by atoms with Gasteiger partial charge in [0.05, 0.1) is 6.61 Å². The molecule has 4 aliphatic rings. The molecule has 108 valence electrons. The lowest BCUT2D eigenvalue weighted by Crippen LogP contribution is -2.56. The molecule has 4 fully saturated rings. The van der Waals surface area contributed by atoms with E-state index in [9.17, 15) is 0 Å². The molecule has 6 nitrogen and oxygen atoms in total. The Morgan fingerprint density at radius 1 is 0.737 bits per heavy atom. The number of hydrogen-bond donors (Lipinski definition) is 0. The van der Waals surface area contributed by atoms with E-state index in [-0.39, 0.29) is 36.8 Å². The molecule has 0 amide bonds. The van der Waals surface area contributed by atoms with E-state index in [1.54, 1.807) is 0 Å². The van der Waals surface area contributed by atoms with Crippen LogP contribution in [0, 0.1) is 0 Å². The molecule has 0 N–H and O–H groups in total. The third-order valence-corrected chi connectivity index (χ3v) is 3.98. The minimum Gasteiger partial charge on any atom is -0.348 e. The van der Waals surface area contributed by atoms with Gasteiger partial charge in [0.1, 0.15) is 30.5 Å². The Morgan fingerprint density at radius 2 is 1.37 bits per heavy atom. The molecule has 4 saturated heterocycles. The summed E-state index contributed by atoms with van der Waals surface area (Å²) >= 11 is 0. The fourth-order valence-electron chi connectivity index (χ4n) is 3.16. The molecule has 4 aliphatic heterocycles. The smallest absolute Gasteiger partial charge is 0.187 e. The Bertz CT molecular complexity index is 395. The van der Waals surface area contributed by atoms with Crippen molar-refractivity contribution in [2.24, 2.45) is 0 Å². The van der Waals surface area contributed by atoms with Gasteiger partial charge in [-0.3, -0.25) is 0 Å². The van der Waals surface area contributed by atoms with Crippen LogP contribution in [0.5, 0.6) is 0 Å². The van der Waals surface area contributed by atoms with Crippen LogP contribution in [0.25, 0.3) is 0 Å². The summed E-state index contributed by atoms with van der Waals surface area (Å²) in [6, 6.07) is 0. The van der Waals surface area contributed by atoms with Gasteiger partial charge in [-0.15, -0.1) is 0 Å². The zero-order valence-corrected chi connectivity index (χ0v) is 11.6. The molecule has 6 heteroatoms. The van der Waals surface area contributed by atoms with E-state index < -0.39 is 11.6 Å². The molecule has 0 aromatic carbocycles. The number of epoxide rings is 1. The van der Waals surface area contributed by atoms with Crippen LogP contribution in [0.1, 0.15) is 27.7 Å². The van der Waals surface area contributed by atoms with E-state index in [0.29, 0.717) is 6.61 Å². The second-order valence-corrected chi connectivity index (χ2v) is 6.50. The first kappa shape index (κ1) is 12.5. The standard InChI is InChI=1S/C13H20O6/c1-12(2)14-5-6-7(17-12)8-9(10-11(15-6)16-10)19-13(3,4)18-8/h6-11H,5H2,1-4H3/t6?,7-,8-,9?,10?,11-/m0/s1. The summed E-state index contributed by atoms with van der Waals surface area (Å²) < 4.78 is 35.1. The summed E-state index contributed by atoms with van der Waals surface area (Å²) in [5, 5.41) is 0. The highest BCUT2D eigenvalue weighted by Gasteiger charge is 2.64. The van der Waals surface area contributed by atoms with E-state index in [4.69, 9.17) is 28.4 Å². The first-order valence-corrected chi connectivity index (χ1v) is 6.83. The summed E-state index contributed by atoms with van der Waals surface area (Å²) in [6.07, 6.45) is -0.940. The molecule has 4 heterocycles. The number of ether oxygens (including phenoxy) is 6. The van der Waals surface area contributed by atoms with Crippen molar-refractivity contribution in [3.05, 3.63) is 0 Å². The van der Waals surface area contributed by atoms with Crippen molar-refractivity contribution in [2.75, 3.05) is 6.61 Å². The van der Waals surface area contributed by atoms with Crippen LogP contribution in [-0.4, -0.2) is 55.0 Å². The van der Waals surface area contributed by atoms with Crippen LogP contribution in [0.15, 0.2) is 0 Å². The fourth-order valence-corrected chi connectivity index (χ4v) is 3.16. The van der Waals surface area contributed by atoms with Gasteiger partial charge in [-0.25, -0.2) is 0 Å². The molecule has 19 heavy (non-hydrogen) atoms. The minimum absolute atomic E-state index is 0.0518. The third kappa shape index (κ3) is 2.02. The lowest BCUT2D eigenvalue weighted by molar-refractivity contribution is -0.330. The minimum atomic E-state index is -0.624. The topological polar surface area (TPSA) is 58.7 Å². The quantitative estimate of drug-likeness (QED) is 0.607. The second-order valence-electron chi connectivity index (χ2n) is 6.50. The zero-order valence-electron chi connectivity index (χ0n) is 11.6. The number of hydrogen-bond acceptors (Lipinski definition) is 6. The van der Waals surface area contributed by atoms with Gasteiger partial charge in [0.25, 0.3) is 0 Å². The van der Waals surface area contributed by atoms with Gasteiger partial charge in [-0.2, -0.15) is 0 Å². The molecule has 0 aromatic rings. The maximum atomic E-state index is 6.03. The van der Waals surface area contributed by atoms with Gasteiger partial charge < -0.3 is 28.4 Å². The van der Waals surface area contributed by atoms with Gasteiger partial charge in [0.15, 0.2) is 17.9 Å². The number of rotatable bonds is 0. The monoisotopic (exact) mass is 272 g/mol. The summed E-state index contributed by atoms with van der Waals surface area (Å²) in [5.41, 5.74) is 0. The van der Waals surface area contributed by atoms with Crippen LogP contribution in [0.4, 0.5) is 0 Å². The van der Waals surface area contributed by atoms with Crippen molar-refractivity contribution in [3.8, 4) is 0 Å². The summed E-state index contributed by atoms with van der Waals surface area (Å²) in [6.45, 7) is 8.12. The predicted octanol–water partition coefficient (Wildman–Crippen LogP) is 0.782. The maximum Gasteiger partial charge on any atom is 0.187 e. The SMILES string of the molecule is CC1(C)OC2C3O[C@@H]3OC3COC(C)(C)O[C@@H]3[C@@H]2O1. The molecule has 0 radical (unpaired) electrons. The lowest BCUT2D eigenvalue weighted by atomic mass is 10.0. The molecular formula is C13H20O6. The van der Waals surface area contributed by atoms with Crippen molar-refractivity contribution in [1.29, 1.82) is 0 Å². The Balaban J connectivity index is 1.64. The first-order chi connectivity index (χ1) is 8.85. The normalized spacial score (nSPS) is 53.7. The summed E-state index contributed by atoms with van der Waals surface area (Å²) in [4.78, 5) is 0. The Kier molecular flexibility index (Phi) is 2.43. The van der Waals surface area contributed by atoms with Crippen LogP contribution < -0.4 is 0 Å². The highest BCUT2D eigenvalue weighted by Crippen LogP contribution is 2.46. The van der Waals surface area contributed by atoms with E-state index >= 15 is 0 Å². The molecule has 4 rings (SSSR count). The van der Waals surface area contributed by atoms with Crippen molar-refractivity contribution in [3.63, 3.8) is 0 Å². The molecule has 0 saturated carbocycles. The highest BCUT2D eigenvalue weighted by atomic mass is 16.8. The Hall–Kier alpha value is -0.240. The molecule has 0 aromatic heterocycles. The summed E-state index contributed by atoms with van der Waals surface area (Å²) in [5.74, 6) is -1.24. The molecule has 3 unspecified atom stereocenters. The van der Waals surface area contributed by atoms with Crippen molar-refractivity contribution in [2.45, 2.75) is 76.1 Å². The van der Waals surface area contributed by atoms with Crippen molar-refractivity contribution in [1.82, 2.24) is 0 Å². The van der Waals surface area contributed by atoms with Gasteiger partial charge in [0.2, 0.25) is 0 Å². The van der Waals surface area contributed by atoms with Gasteiger partial charge in [-0.1, -0.05) is 0 Å². The molecular weight excluding hydrogens is 252 g/mol. The molecule has 0 aliphatic carbocycles. The largest absolute Gasteiger partial charge is 0.348 e. The molecule has 0 spiro atoms. The second kappa shape index (κ2) is 3.69. The van der Waals surface area contributed by atoms with Crippen LogP contribution in [0.2, 0.25) is 0 Å². The lowest BCUT2D eigenvalue weighted by Gasteiger charge is -2.42. The average Bonchev–Trinajstić information content (AvgIpc) is 2.98. The highest BCUT2D eigenvalue weighted by molar-refractivity contribution is 5.04. The average molecular weight is 272 g/mol. The van der Waals surface area contributed by atoms with Crippen molar-refractivity contribution >= 4 is 0 Å². The van der Waals surface area contributed by atoms with E-state index in [1.165, 1.54) is 0 Å². The van der Waals surface area contributed by atoms with E-state index in [2.05, 4.69) is 0 Å².